The average Bonchev–Trinajstić information content (AvgIpc) is 2.95. The Kier molecular flexibility index (Phi) is 5.51. The van der Waals surface area contributed by atoms with Crippen molar-refractivity contribution in [3.63, 3.8) is 0 Å². The summed E-state index contributed by atoms with van der Waals surface area (Å²) in [6.45, 7) is 1.41. The van der Waals surface area contributed by atoms with Crippen LogP contribution in [-0.2, 0) is 21.3 Å². The van der Waals surface area contributed by atoms with Crippen LogP contribution in [0.4, 0.5) is 0 Å². The van der Waals surface area contributed by atoms with Gasteiger partial charge in [0.2, 0.25) is 10.0 Å². The Morgan fingerprint density at radius 1 is 1.43 bits per heavy atom. The molecule has 0 aromatic heterocycles. The van der Waals surface area contributed by atoms with Crippen LogP contribution in [0.2, 0.25) is 10.0 Å². The molecular formula is C13H18Cl2N2O3S. The van der Waals surface area contributed by atoms with E-state index in [1.165, 1.54) is 10.4 Å². The molecule has 2 rings (SSSR count). The van der Waals surface area contributed by atoms with Crippen molar-refractivity contribution in [2.45, 2.75) is 23.9 Å². The summed E-state index contributed by atoms with van der Waals surface area (Å²) in [5, 5.41) is 3.50. The average molecular weight is 353 g/mol. The Labute approximate surface area is 135 Å². The first-order valence-corrected chi connectivity index (χ1v) is 8.76. The van der Waals surface area contributed by atoms with Crippen LogP contribution in [0.1, 0.15) is 12.0 Å². The highest BCUT2D eigenvalue weighted by atomic mass is 35.5. The van der Waals surface area contributed by atoms with Crippen LogP contribution in [0.25, 0.3) is 0 Å². The molecule has 1 aliphatic heterocycles. The van der Waals surface area contributed by atoms with Crippen molar-refractivity contribution < 1.29 is 13.2 Å². The number of nitrogens with one attached hydrogen (secondary N) is 1. The van der Waals surface area contributed by atoms with Crippen LogP contribution in [0.15, 0.2) is 17.0 Å². The Morgan fingerprint density at radius 3 is 2.71 bits per heavy atom. The number of likely N-dealkylation sites (N-methyl/N-ethyl adjacent to an activating group) is 1. The molecule has 0 amide bonds. The lowest BCUT2D eigenvalue weighted by Crippen LogP contribution is -2.37. The number of hydrogen-bond donors (Lipinski definition) is 1. The second-order valence-corrected chi connectivity index (χ2v) is 7.73. The molecule has 1 heterocycles. The molecular weight excluding hydrogens is 335 g/mol. The molecule has 5 nitrogen and oxygen atoms in total. The molecule has 0 radical (unpaired) electrons. The van der Waals surface area contributed by atoms with Gasteiger partial charge in [0.25, 0.3) is 0 Å². The van der Waals surface area contributed by atoms with Gasteiger partial charge in [0.05, 0.1) is 17.7 Å². The van der Waals surface area contributed by atoms with Crippen molar-refractivity contribution in [3.05, 3.63) is 27.7 Å². The minimum atomic E-state index is -3.71. The number of nitrogens with zero attached hydrogens (tertiary/aromatic N) is 1. The summed E-state index contributed by atoms with van der Waals surface area (Å²) in [7, 11) is -0.405. The predicted octanol–water partition coefficient (Wildman–Crippen LogP) is 2.12. The van der Waals surface area contributed by atoms with Crippen molar-refractivity contribution in [2.75, 3.05) is 27.3 Å². The van der Waals surface area contributed by atoms with Gasteiger partial charge in [-0.25, -0.2) is 8.42 Å². The van der Waals surface area contributed by atoms with Crippen molar-refractivity contribution in [2.24, 2.45) is 0 Å². The number of halogens is 2. The van der Waals surface area contributed by atoms with Gasteiger partial charge in [0, 0.05) is 25.2 Å². The molecule has 1 aromatic carbocycles. The van der Waals surface area contributed by atoms with Crippen molar-refractivity contribution in [1.29, 1.82) is 0 Å². The first-order chi connectivity index (χ1) is 9.87. The minimum Gasteiger partial charge on any atom is -0.380 e. The summed E-state index contributed by atoms with van der Waals surface area (Å²) in [4.78, 5) is 0.0383. The van der Waals surface area contributed by atoms with Gasteiger partial charge in [-0.2, -0.15) is 4.31 Å². The smallest absolute Gasteiger partial charge is 0.244 e. The monoisotopic (exact) mass is 352 g/mol. The minimum absolute atomic E-state index is 0.0383. The van der Waals surface area contributed by atoms with E-state index in [9.17, 15) is 8.42 Å². The Balaban J connectivity index is 2.43. The molecule has 1 aliphatic rings. The second-order valence-electron chi connectivity index (χ2n) is 4.95. The van der Waals surface area contributed by atoms with E-state index in [0.29, 0.717) is 36.8 Å². The Bertz CT molecular complexity index is 616. The van der Waals surface area contributed by atoms with E-state index < -0.39 is 10.0 Å². The van der Waals surface area contributed by atoms with E-state index in [-0.39, 0.29) is 16.0 Å². The fourth-order valence-corrected chi connectivity index (χ4v) is 4.56. The van der Waals surface area contributed by atoms with E-state index in [1.54, 1.807) is 20.2 Å². The fraction of sp³-hybridized carbons (Fsp3) is 0.538. The molecule has 0 saturated carbocycles. The third-order valence-electron chi connectivity index (χ3n) is 3.52. The Hall–Kier alpha value is -0.370. The van der Waals surface area contributed by atoms with Crippen LogP contribution < -0.4 is 5.32 Å². The molecule has 0 bridgehead atoms. The Morgan fingerprint density at radius 2 is 2.14 bits per heavy atom. The molecule has 21 heavy (non-hydrogen) atoms. The summed E-state index contributed by atoms with van der Waals surface area (Å²) in [5.41, 5.74) is 0.654. The van der Waals surface area contributed by atoms with E-state index in [2.05, 4.69) is 5.32 Å². The summed E-state index contributed by atoms with van der Waals surface area (Å²) >= 11 is 12.3. The van der Waals surface area contributed by atoms with E-state index >= 15 is 0 Å². The van der Waals surface area contributed by atoms with E-state index in [0.717, 1.165) is 0 Å². The van der Waals surface area contributed by atoms with Crippen LogP contribution in [0.3, 0.4) is 0 Å². The van der Waals surface area contributed by atoms with Crippen LogP contribution in [-0.4, -0.2) is 46.1 Å². The molecule has 1 saturated heterocycles. The zero-order chi connectivity index (χ0) is 15.6. The van der Waals surface area contributed by atoms with E-state index in [1.807, 2.05) is 0 Å². The van der Waals surface area contributed by atoms with Gasteiger partial charge in [-0.3, -0.25) is 0 Å². The number of benzene rings is 1. The maximum absolute atomic E-state index is 12.8. The third kappa shape index (κ3) is 3.52. The molecule has 0 spiro atoms. The molecule has 8 heteroatoms. The van der Waals surface area contributed by atoms with Gasteiger partial charge in [0.15, 0.2) is 0 Å². The number of rotatable bonds is 5. The summed E-state index contributed by atoms with van der Waals surface area (Å²) < 4.78 is 32.1. The lowest BCUT2D eigenvalue weighted by molar-refractivity contribution is 0.181. The standard InChI is InChI=1S/C13H18Cl2N2O3S/c1-16-7-9-5-10(14)6-12(13(9)15)21(18,19)17(2)11-3-4-20-8-11/h5-6,11,16H,3-4,7-8H2,1-2H3. The first-order valence-electron chi connectivity index (χ1n) is 6.56. The van der Waals surface area contributed by atoms with Gasteiger partial charge in [0.1, 0.15) is 4.90 Å². The lowest BCUT2D eigenvalue weighted by Gasteiger charge is -2.23. The first kappa shape index (κ1) is 17.0. The van der Waals surface area contributed by atoms with Crippen molar-refractivity contribution >= 4 is 33.2 Å². The van der Waals surface area contributed by atoms with Gasteiger partial charge < -0.3 is 10.1 Å². The molecule has 0 aliphatic carbocycles. The highest BCUT2D eigenvalue weighted by Crippen LogP contribution is 2.32. The number of ether oxygens (including phenoxy) is 1. The topological polar surface area (TPSA) is 58.6 Å². The van der Waals surface area contributed by atoms with Crippen LogP contribution in [0.5, 0.6) is 0 Å². The predicted molar refractivity (Wildman–Crippen MR) is 83.4 cm³/mol. The van der Waals surface area contributed by atoms with Gasteiger partial charge in [-0.1, -0.05) is 23.2 Å². The molecule has 1 aromatic rings. The second kappa shape index (κ2) is 6.81. The maximum Gasteiger partial charge on any atom is 0.244 e. The third-order valence-corrected chi connectivity index (χ3v) is 6.23. The summed E-state index contributed by atoms with van der Waals surface area (Å²) in [6, 6.07) is 2.89. The van der Waals surface area contributed by atoms with Gasteiger partial charge in [-0.05, 0) is 31.2 Å². The fourth-order valence-electron chi connectivity index (χ4n) is 2.29. The molecule has 1 fully saturated rings. The summed E-state index contributed by atoms with van der Waals surface area (Å²) in [6.07, 6.45) is 0.678. The number of sulfonamides is 1. The zero-order valence-corrected chi connectivity index (χ0v) is 14.2. The largest absolute Gasteiger partial charge is 0.380 e. The molecule has 118 valence electrons. The van der Waals surface area contributed by atoms with Crippen molar-refractivity contribution in [1.82, 2.24) is 9.62 Å². The molecule has 1 N–H and O–H groups in total. The van der Waals surface area contributed by atoms with Gasteiger partial charge >= 0.3 is 0 Å². The van der Waals surface area contributed by atoms with Crippen molar-refractivity contribution in [3.8, 4) is 0 Å². The lowest BCUT2D eigenvalue weighted by atomic mass is 10.2. The maximum atomic E-state index is 12.8. The highest BCUT2D eigenvalue weighted by molar-refractivity contribution is 7.89. The van der Waals surface area contributed by atoms with Crippen LogP contribution in [0, 0.1) is 0 Å². The quantitative estimate of drug-likeness (QED) is 0.881. The highest BCUT2D eigenvalue weighted by Gasteiger charge is 2.32. The van der Waals surface area contributed by atoms with Crippen LogP contribution >= 0.6 is 23.2 Å². The SMILES string of the molecule is CNCc1cc(Cl)cc(S(=O)(=O)N(C)C2CCOC2)c1Cl. The zero-order valence-electron chi connectivity index (χ0n) is 11.9. The molecule has 1 unspecified atom stereocenters. The normalized spacial score (nSPS) is 19.4. The van der Waals surface area contributed by atoms with Gasteiger partial charge in [-0.15, -0.1) is 0 Å². The molecule has 1 atom stereocenters. The van der Waals surface area contributed by atoms with E-state index in [4.69, 9.17) is 27.9 Å². The number of hydrogen-bond acceptors (Lipinski definition) is 4. The summed E-state index contributed by atoms with van der Waals surface area (Å²) in [5.74, 6) is 0.